The first-order valence-electron chi connectivity index (χ1n) is 8.30. The van der Waals surface area contributed by atoms with Gasteiger partial charge in [-0.3, -0.25) is 4.90 Å². The molecule has 1 fully saturated rings. The van der Waals surface area contributed by atoms with Crippen LogP contribution in [0.25, 0.3) is 0 Å². The summed E-state index contributed by atoms with van der Waals surface area (Å²) in [7, 11) is 0. The van der Waals surface area contributed by atoms with Crippen LogP contribution in [-0.4, -0.2) is 34.5 Å². The van der Waals surface area contributed by atoms with E-state index in [2.05, 4.69) is 39.2 Å². The maximum Gasteiger partial charge on any atom is 0.129 e. The number of hydrogen-bond acceptors (Lipinski definition) is 4. The number of aromatic nitrogens is 2. The molecule has 1 saturated heterocycles. The Balaban J connectivity index is 1.74. The summed E-state index contributed by atoms with van der Waals surface area (Å²) < 4.78 is 0. The molecule has 2 aromatic rings. The second kappa shape index (κ2) is 7.75. The lowest BCUT2D eigenvalue weighted by Gasteiger charge is -2.28. The van der Waals surface area contributed by atoms with E-state index in [1.165, 1.54) is 18.4 Å². The largest absolute Gasteiger partial charge is 0.368 e. The topological polar surface area (TPSA) is 41.0 Å². The minimum Gasteiger partial charge on any atom is -0.368 e. The van der Waals surface area contributed by atoms with Gasteiger partial charge in [0, 0.05) is 23.3 Å². The second-order valence-corrected chi connectivity index (χ2v) is 6.38. The van der Waals surface area contributed by atoms with Crippen molar-refractivity contribution in [2.45, 2.75) is 32.2 Å². The van der Waals surface area contributed by atoms with Crippen LogP contribution in [0.15, 0.2) is 36.7 Å². The third-order valence-electron chi connectivity index (χ3n) is 4.40. The fraction of sp³-hybridized carbons (Fsp3) is 0.444. The van der Waals surface area contributed by atoms with E-state index in [0.717, 1.165) is 42.6 Å². The van der Waals surface area contributed by atoms with Gasteiger partial charge in [-0.1, -0.05) is 30.7 Å². The van der Waals surface area contributed by atoms with Gasteiger partial charge in [0.1, 0.15) is 12.1 Å². The average Bonchev–Trinajstić information content (AvgIpc) is 3.11. The molecule has 1 aliphatic rings. The van der Waals surface area contributed by atoms with E-state index in [9.17, 15) is 0 Å². The number of hydrogen-bond donors (Lipinski definition) is 1. The van der Waals surface area contributed by atoms with Gasteiger partial charge in [0.05, 0.1) is 6.04 Å². The van der Waals surface area contributed by atoms with Crippen molar-refractivity contribution in [1.29, 1.82) is 0 Å². The van der Waals surface area contributed by atoms with Crippen molar-refractivity contribution in [2.75, 3.05) is 25.0 Å². The number of benzene rings is 1. The van der Waals surface area contributed by atoms with E-state index in [1.54, 1.807) is 6.33 Å². The van der Waals surface area contributed by atoms with Gasteiger partial charge >= 0.3 is 0 Å². The Bertz CT molecular complexity index is 623. The predicted molar refractivity (Wildman–Crippen MR) is 94.9 cm³/mol. The molecule has 1 aromatic heterocycles. The minimum absolute atomic E-state index is 0.342. The van der Waals surface area contributed by atoms with E-state index >= 15 is 0 Å². The molecule has 4 nitrogen and oxygen atoms in total. The van der Waals surface area contributed by atoms with Crippen LogP contribution >= 0.6 is 11.6 Å². The first-order valence-corrected chi connectivity index (χ1v) is 8.68. The fourth-order valence-electron chi connectivity index (χ4n) is 3.08. The first kappa shape index (κ1) is 16.2. The lowest BCUT2D eigenvalue weighted by atomic mass is 10.1. The SMILES string of the molecule is CCc1cc(NC[C@H](c2ccc(Cl)cc2)N2CCCC2)ncn1. The molecule has 5 heteroatoms. The molecule has 0 bridgehead atoms. The number of anilines is 1. The Kier molecular flexibility index (Phi) is 5.47. The van der Waals surface area contributed by atoms with Crippen molar-refractivity contribution in [3.05, 3.63) is 52.9 Å². The summed E-state index contributed by atoms with van der Waals surface area (Å²) in [6.07, 6.45) is 5.10. The Labute approximate surface area is 142 Å². The summed E-state index contributed by atoms with van der Waals surface area (Å²) in [4.78, 5) is 11.1. The molecule has 0 aliphatic carbocycles. The molecular weight excluding hydrogens is 308 g/mol. The number of halogens is 1. The van der Waals surface area contributed by atoms with Gasteiger partial charge in [0.25, 0.3) is 0 Å². The summed E-state index contributed by atoms with van der Waals surface area (Å²) in [6, 6.07) is 10.6. The third kappa shape index (κ3) is 4.21. The van der Waals surface area contributed by atoms with Crippen LogP contribution in [0.1, 0.15) is 37.1 Å². The van der Waals surface area contributed by atoms with E-state index < -0.39 is 0 Å². The first-order chi connectivity index (χ1) is 11.3. The van der Waals surface area contributed by atoms with Crippen molar-refractivity contribution in [3.63, 3.8) is 0 Å². The molecule has 1 aliphatic heterocycles. The summed E-state index contributed by atoms with van der Waals surface area (Å²) >= 11 is 6.04. The molecule has 1 N–H and O–H groups in total. The normalized spacial score (nSPS) is 16.4. The van der Waals surface area contributed by atoms with Crippen molar-refractivity contribution < 1.29 is 0 Å². The maximum absolute atomic E-state index is 6.04. The zero-order valence-electron chi connectivity index (χ0n) is 13.5. The van der Waals surface area contributed by atoms with E-state index in [-0.39, 0.29) is 0 Å². The van der Waals surface area contributed by atoms with Crippen molar-refractivity contribution in [1.82, 2.24) is 14.9 Å². The molecule has 0 amide bonds. The lowest BCUT2D eigenvalue weighted by molar-refractivity contribution is 0.256. The Hall–Kier alpha value is -1.65. The van der Waals surface area contributed by atoms with E-state index in [0.29, 0.717) is 6.04 Å². The van der Waals surface area contributed by atoms with Gasteiger partial charge in [-0.2, -0.15) is 0 Å². The zero-order valence-corrected chi connectivity index (χ0v) is 14.3. The predicted octanol–water partition coefficient (Wildman–Crippen LogP) is 3.94. The average molecular weight is 331 g/mol. The number of likely N-dealkylation sites (tertiary alicyclic amines) is 1. The monoisotopic (exact) mass is 330 g/mol. The van der Waals surface area contributed by atoms with Gasteiger partial charge in [-0.05, 0) is 50.0 Å². The van der Waals surface area contributed by atoms with E-state index in [4.69, 9.17) is 11.6 Å². The van der Waals surface area contributed by atoms with Crippen molar-refractivity contribution in [3.8, 4) is 0 Å². The molecule has 0 radical (unpaired) electrons. The number of nitrogens with one attached hydrogen (secondary N) is 1. The standard InChI is InChI=1S/C18H23ClN4/c1-2-16-11-18(22-13-21-16)20-12-17(23-9-3-4-10-23)14-5-7-15(19)8-6-14/h5-8,11,13,17H,2-4,9-10,12H2,1H3,(H,20,21,22)/t17-/m1/s1. The van der Waals surface area contributed by atoms with Crippen molar-refractivity contribution in [2.24, 2.45) is 0 Å². The third-order valence-corrected chi connectivity index (χ3v) is 4.65. The van der Waals surface area contributed by atoms with E-state index in [1.807, 2.05) is 18.2 Å². The van der Waals surface area contributed by atoms with Crippen LogP contribution in [0, 0.1) is 0 Å². The van der Waals surface area contributed by atoms with Crippen LogP contribution in [0.5, 0.6) is 0 Å². The highest BCUT2D eigenvalue weighted by Gasteiger charge is 2.23. The molecule has 3 rings (SSSR count). The molecule has 1 aromatic carbocycles. The Morgan fingerprint density at radius 3 is 2.61 bits per heavy atom. The molecule has 122 valence electrons. The highest BCUT2D eigenvalue weighted by atomic mass is 35.5. The van der Waals surface area contributed by atoms with Gasteiger partial charge in [-0.15, -0.1) is 0 Å². The van der Waals surface area contributed by atoms with Crippen LogP contribution in [0.2, 0.25) is 5.02 Å². The molecule has 0 unspecified atom stereocenters. The molecule has 23 heavy (non-hydrogen) atoms. The number of aryl methyl sites for hydroxylation is 1. The number of rotatable bonds is 6. The molecular formula is C18H23ClN4. The minimum atomic E-state index is 0.342. The summed E-state index contributed by atoms with van der Waals surface area (Å²) in [6.45, 7) is 5.24. The van der Waals surface area contributed by atoms with Crippen LogP contribution in [0.3, 0.4) is 0 Å². The summed E-state index contributed by atoms with van der Waals surface area (Å²) in [5.74, 6) is 0.898. The highest BCUT2D eigenvalue weighted by molar-refractivity contribution is 6.30. The van der Waals surface area contributed by atoms with Crippen molar-refractivity contribution >= 4 is 17.4 Å². The molecule has 0 saturated carbocycles. The second-order valence-electron chi connectivity index (χ2n) is 5.94. The number of nitrogens with zero attached hydrogens (tertiary/aromatic N) is 3. The Morgan fingerprint density at radius 2 is 1.91 bits per heavy atom. The summed E-state index contributed by atoms with van der Waals surface area (Å²) in [5, 5.41) is 4.27. The van der Waals surface area contributed by atoms with Gasteiger partial charge in [-0.25, -0.2) is 9.97 Å². The lowest BCUT2D eigenvalue weighted by Crippen LogP contribution is -2.31. The maximum atomic E-state index is 6.04. The summed E-state index contributed by atoms with van der Waals surface area (Å²) in [5.41, 5.74) is 2.36. The molecule has 0 spiro atoms. The van der Waals surface area contributed by atoms with Crippen LogP contribution in [-0.2, 0) is 6.42 Å². The molecule has 1 atom stereocenters. The van der Waals surface area contributed by atoms with Gasteiger partial charge in [0.15, 0.2) is 0 Å². The Morgan fingerprint density at radius 1 is 1.17 bits per heavy atom. The van der Waals surface area contributed by atoms with Gasteiger partial charge in [0.2, 0.25) is 0 Å². The highest BCUT2D eigenvalue weighted by Crippen LogP contribution is 2.26. The smallest absolute Gasteiger partial charge is 0.129 e. The van der Waals surface area contributed by atoms with Gasteiger partial charge < -0.3 is 5.32 Å². The zero-order chi connectivity index (χ0) is 16.1. The molecule has 2 heterocycles. The fourth-order valence-corrected chi connectivity index (χ4v) is 3.21. The quantitative estimate of drug-likeness (QED) is 0.871. The van der Waals surface area contributed by atoms with Crippen LogP contribution in [0.4, 0.5) is 5.82 Å². The van der Waals surface area contributed by atoms with Crippen LogP contribution < -0.4 is 5.32 Å².